The summed E-state index contributed by atoms with van der Waals surface area (Å²) in [4.78, 5) is 14.4. The number of nitrogens with two attached hydrogens (primary N) is 1. The van der Waals surface area contributed by atoms with Crippen LogP contribution in [0.3, 0.4) is 0 Å². The van der Waals surface area contributed by atoms with Gasteiger partial charge in [0, 0.05) is 25.0 Å². The van der Waals surface area contributed by atoms with Crippen LogP contribution in [-0.2, 0) is 9.53 Å². The number of hydrogen-bond acceptors (Lipinski definition) is 4. The summed E-state index contributed by atoms with van der Waals surface area (Å²) in [5.74, 6) is -0.0178. The average molecular weight is 279 g/mol. The number of benzene rings is 1. The molecule has 112 valence electrons. The Morgan fingerprint density at radius 1 is 1.50 bits per heavy atom. The molecule has 0 heterocycles. The Balaban J connectivity index is 2.68. The van der Waals surface area contributed by atoms with Gasteiger partial charge in [-0.1, -0.05) is 6.92 Å². The highest BCUT2D eigenvalue weighted by Crippen LogP contribution is 2.18. The highest BCUT2D eigenvalue weighted by atomic mass is 16.5. The molecule has 0 aliphatic carbocycles. The van der Waals surface area contributed by atoms with E-state index in [0.29, 0.717) is 12.3 Å². The van der Waals surface area contributed by atoms with E-state index in [9.17, 15) is 4.79 Å². The number of likely N-dealkylation sites (N-methyl/N-ethyl adjacent to an activating group) is 1. The maximum absolute atomic E-state index is 12.3. The van der Waals surface area contributed by atoms with Crippen LogP contribution in [0.5, 0.6) is 0 Å². The summed E-state index contributed by atoms with van der Waals surface area (Å²) in [6.07, 6.45) is 0. The molecule has 0 saturated heterocycles. The molecule has 0 radical (unpaired) electrons. The lowest BCUT2D eigenvalue weighted by atomic mass is 10.1. The minimum absolute atomic E-state index is 0.0178. The van der Waals surface area contributed by atoms with Crippen molar-refractivity contribution >= 4 is 17.3 Å². The summed E-state index contributed by atoms with van der Waals surface area (Å²) in [5.41, 5.74) is 8.17. The van der Waals surface area contributed by atoms with Crippen LogP contribution in [0.4, 0.5) is 11.4 Å². The third kappa shape index (κ3) is 4.51. The van der Waals surface area contributed by atoms with Crippen LogP contribution in [0.1, 0.15) is 19.4 Å². The highest BCUT2D eigenvalue weighted by Gasteiger charge is 2.20. The second kappa shape index (κ2) is 7.87. The fourth-order valence-corrected chi connectivity index (χ4v) is 2.06. The summed E-state index contributed by atoms with van der Waals surface area (Å²) in [7, 11) is 1.66. The van der Waals surface area contributed by atoms with Gasteiger partial charge in [-0.15, -0.1) is 0 Å². The number of rotatable bonds is 7. The molecular formula is C15H25N3O2. The first-order valence-electron chi connectivity index (χ1n) is 6.89. The van der Waals surface area contributed by atoms with Crippen LogP contribution < -0.4 is 11.1 Å². The van der Waals surface area contributed by atoms with Crippen molar-refractivity contribution in [2.45, 2.75) is 26.8 Å². The van der Waals surface area contributed by atoms with E-state index in [-0.39, 0.29) is 11.9 Å². The molecule has 5 heteroatoms. The molecular weight excluding hydrogens is 254 g/mol. The maximum Gasteiger partial charge on any atom is 0.241 e. The number of hydrogen-bond donors (Lipinski definition) is 2. The van der Waals surface area contributed by atoms with Crippen LogP contribution in [-0.4, -0.2) is 43.7 Å². The number of nitrogens with zero attached hydrogens (tertiary/aromatic N) is 1. The summed E-state index contributed by atoms with van der Waals surface area (Å²) in [6, 6.07) is 5.27. The molecule has 0 aliphatic rings. The largest absolute Gasteiger partial charge is 0.399 e. The lowest BCUT2D eigenvalue weighted by Crippen LogP contribution is -2.43. The Bertz CT molecular complexity index is 449. The summed E-state index contributed by atoms with van der Waals surface area (Å²) in [5, 5.41) is 2.95. The molecule has 0 aliphatic heterocycles. The zero-order chi connectivity index (χ0) is 15.1. The van der Waals surface area contributed by atoms with Gasteiger partial charge in [0.25, 0.3) is 0 Å². The van der Waals surface area contributed by atoms with E-state index in [1.807, 2.05) is 32.9 Å². The van der Waals surface area contributed by atoms with Gasteiger partial charge >= 0.3 is 0 Å². The average Bonchev–Trinajstić information content (AvgIpc) is 2.42. The van der Waals surface area contributed by atoms with Crippen molar-refractivity contribution in [3.63, 3.8) is 0 Å². The second-order valence-electron chi connectivity index (χ2n) is 4.86. The smallest absolute Gasteiger partial charge is 0.241 e. The fourth-order valence-electron chi connectivity index (χ4n) is 2.06. The third-order valence-electron chi connectivity index (χ3n) is 3.42. The number of nitrogen functional groups attached to an aromatic ring is 1. The van der Waals surface area contributed by atoms with E-state index in [0.717, 1.165) is 24.3 Å². The van der Waals surface area contributed by atoms with Gasteiger partial charge in [-0.3, -0.25) is 9.69 Å². The summed E-state index contributed by atoms with van der Waals surface area (Å²) < 4.78 is 5.07. The van der Waals surface area contributed by atoms with Gasteiger partial charge in [0.15, 0.2) is 0 Å². The molecule has 1 aromatic carbocycles. The number of anilines is 2. The van der Waals surface area contributed by atoms with Crippen molar-refractivity contribution in [2.75, 3.05) is 37.9 Å². The Kier molecular flexibility index (Phi) is 6.48. The minimum Gasteiger partial charge on any atom is -0.399 e. The molecule has 1 rings (SSSR count). The number of aryl methyl sites for hydroxylation is 1. The minimum atomic E-state index is -0.202. The van der Waals surface area contributed by atoms with Gasteiger partial charge in [0.1, 0.15) is 0 Å². The van der Waals surface area contributed by atoms with Crippen LogP contribution in [0.25, 0.3) is 0 Å². The van der Waals surface area contributed by atoms with Gasteiger partial charge in [-0.25, -0.2) is 0 Å². The first kappa shape index (κ1) is 16.5. The number of methoxy groups -OCH3 is 1. The normalized spacial score (nSPS) is 12.4. The topological polar surface area (TPSA) is 67.6 Å². The van der Waals surface area contributed by atoms with Crippen molar-refractivity contribution in [2.24, 2.45) is 0 Å². The molecule has 1 atom stereocenters. The molecule has 0 saturated carbocycles. The van der Waals surface area contributed by atoms with Gasteiger partial charge in [-0.05, 0) is 44.2 Å². The number of ether oxygens (including phenoxy) is 1. The molecule has 5 nitrogen and oxygen atoms in total. The Morgan fingerprint density at radius 2 is 2.20 bits per heavy atom. The van der Waals surface area contributed by atoms with Crippen molar-refractivity contribution < 1.29 is 9.53 Å². The number of carbonyl (C=O) groups excluding carboxylic acids is 1. The first-order valence-corrected chi connectivity index (χ1v) is 6.89. The van der Waals surface area contributed by atoms with Crippen molar-refractivity contribution in [1.29, 1.82) is 0 Å². The van der Waals surface area contributed by atoms with Gasteiger partial charge < -0.3 is 15.8 Å². The molecule has 1 aromatic rings. The SMILES string of the molecule is CCN(CCOC)C(C)C(=O)Nc1ccc(N)cc1C. The van der Waals surface area contributed by atoms with E-state index in [1.165, 1.54) is 0 Å². The van der Waals surface area contributed by atoms with Crippen LogP contribution >= 0.6 is 0 Å². The number of nitrogens with one attached hydrogen (secondary N) is 1. The Morgan fingerprint density at radius 3 is 2.75 bits per heavy atom. The van der Waals surface area contributed by atoms with Crippen molar-refractivity contribution in [3.8, 4) is 0 Å². The van der Waals surface area contributed by atoms with Crippen LogP contribution in [0.15, 0.2) is 18.2 Å². The quantitative estimate of drug-likeness (QED) is 0.748. The molecule has 0 fully saturated rings. The van der Waals surface area contributed by atoms with E-state index in [1.54, 1.807) is 13.2 Å². The predicted octanol–water partition coefficient (Wildman–Crippen LogP) is 1.87. The van der Waals surface area contributed by atoms with E-state index in [4.69, 9.17) is 10.5 Å². The van der Waals surface area contributed by atoms with Gasteiger partial charge in [-0.2, -0.15) is 0 Å². The zero-order valence-electron chi connectivity index (χ0n) is 12.8. The van der Waals surface area contributed by atoms with Gasteiger partial charge in [0.2, 0.25) is 5.91 Å². The van der Waals surface area contributed by atoms with Crippen LogP contribution in [0.2, 0.25) is 0 Å². The zero-order valence-corrected chi connectivity index (χ0v) is 12.8. The Hall–Kier alpha value is -1.59. The number of amides is 1. The van der Waals surface area contributed by atoms with E-state index in [2.05, 4.69) is 10.2 Å². The first-order chi connectivity index (χ1) is 9.49. The summed E-state index contributed by atoms with van der Waals surface area (Å²) >= 11 is 0. The monoisotopic (exact) mass is 279 g/mol. The standard InChI is InChI=1S/C15H25N3O2/c1-5-18(8-9-20-4)12(3)15(19)17-14-7-6-13(16)10-11(14)2/h6-7,10,12H,5,8-9,16H2,1-4H3,(H,17,19). The highest BCUT2D eigenvalue weighted by molar-refractivity contribution is 5.95. The van der Waals surface area contributed by atoms with E-state index >= 15 is 0 Å². The lowest BCUT2D eigenvalue weighted by Gasteiger charge is -2.26. The van der Waals surface area contributed by atoms with Crippen LogP contribution in [0, 0.1) is 6.92 Å². The predicted molar refractivity (Wildman–Crippen MR) is 82.8 cm³/mol. The molecule has 1 amide bonds. The van der Waals surface area contributed by atoms with Crippen molar-refractivity contribution in [3.05, 3.63) is 23.8 Å². The van der Waals surface area contributed by atoms with Crippen molar-refractivity contribution in [1.82, 2.24) is 4.90 Å². The number of carbonyl (C=O) groups is 1. The fraction of sp³-hybridized carbons (Fsp3) is 0.533. The molecule has 0 aromatic heterocycles. The molecule has 0 bridgehead atoms. The molecule has 0 spiro atoms. The molecule has 1 unspecified atom stereocenters. The van der Waals surface area contributed by atoms with E-state index < -0.39 is 0 Å². The van der Waals surface area contributed by atoms with Gasteiger partial charge in [0.05, 0.1) is 12.6 Å². The molecule has 20 heavy (non-hydrogen) atoms. The Labute approximate surface area is 121 Å². The maximum atomic E-state index is 12.3. The lowest BCUT2D eigenvalue weighted by molar-refractivity contribution is -0.120. The molecule has 3 N–H and O–H groups in total. The second-order valence-corrected chi connectivity index (χ2v) is 4.86. The third-order valence-corrected chi connectivity index (χ3v) is 3.42. The summed E-state index contributed by atoms with van der Waals surface area (Å²) in [6.45, 7) is 8.03.